The number of hydrazone groups is 1. The summed E-state index contributed by atoms with van der Waals surface area (Å²) in [6.07, 6.45) is 1.58. The molecule has 2 rings (SSSR count). The van der Waals surface area contributed by atoms with Crippen molar-refractivity contribution in [3.05, 3.63) is 64.2 Å². The maximum absolute atomic E-state index is 12.1. The summed E-state index contributed by atoms with van der Waals surface area (Å²) >= 11 is 5.82. The minimum absolute atomic E-state index is 0.196. The molecule has 0 saturated heterocycles. The van der Waals surface area contributed by atoms with E-state index in [9.17, 15) is 4.79 Å². The minimum Gasteiger partial charge on any atom is -0.373 e. The lowest BCUT2D eigenvalue weighted by Crippen LogP contribution is -2.35. The summed E-state index contributed by atoms with van der Waals surface area (Å²) in [6, 6.07) is 12.8. The zero-order valence-electron chi connectivity index (χ0n) is 13.4. The average Bonchev–Trinajstić information content (AvgIpc) is 2.52. The molecular formula is C18H20ClN3O. The number of para-hydroxylation sites is 1. The van der Waals surface area contributed by atoms with Crippen molar-refractivity contribution in [2.24, 2.45) is 5.10 Å². The van der Waals surface area contributed by atoms with Gasteiger partial charge in [0.2, 0.25) is 0 Å². The van der Waals surface area contributed by atoms with Gasteiger partial charge in [0, 0.05) is 10.7 Å². The van der Waals surface area contributed by atoms with Crippen molar-refractivity contribution in [2.45, 2.75) is 26.8 Å². The van der Waals surface area contributed by atoms with Gasteiger partial charge >= 0.3 is 0 Å². The van der Waals surface area contributed by atoms with Gasteiger partial charge in [-0.05, 0) is 49.6 Å². The molecule has 0 aliphatic heterocycles. The fourth-order valence-electron chi connectivity index (χ4n) is 2.14. The highest BCUT2D eigenvalue weighted by molar-refractivity contribution is 6.30. The van der Waals surface area contributed by atoms with Crippen molar-refractivity contribution >= 4 is 29.4 Å². The van der Waals surface area contributed by atoms with Crippen LogP contribution in [-0.4, -0.2) is 18.2 Å². The maximum atomic E-state index is 12.1. The number of carbonyl (C=O) groups excluding carboxylic acids is 1. The molecule has 0 heterocycles. The normalized spacial score (nSPS) is 12.2. The molecule has 0 spiro atoms. The number of amides is 1. The molecule has 2 N–H and O–H groups in total. The third-order valence-corrected chi connectivity index (χ3v) is 3.75. The Hall–Kier alpha value is -2.33. The number of halogens is 1. The number of benzene rings is 2. The Labute approximate surface area is 141 Å². The van der Waals surface area contributed by atoms with Gasteiger partial charge in [-0.15, -0.1) is 0 Å². The number of hydrogen-bond acceptors (Lipinski definition) is 3. The highest BCUT2D eigenvalue weighted by Crippen LogP contribution is 2.20. The van der Waals surface area contributed by atoms with Gasteiger partial charge in [-0.2, -0.15) is 5.10 Å². The highest BCUT2D eigenvalue weighted by Gasteiger charge is 2.13. The Morgan fingerprint density at radius 1 is 1.13 bits per heavy atom. The van der Waals surface area contributed by atoms with Gasteiger partial charge in [0.05, 0.1) is 6.21 Å². The number of aryl methyl sites for hydroxylation is 2. The maximum Gasteiger partial charge on any atom is 0.262 e. The van der Waals surface area contributed by atoms with Gasteiger partial charge in [0.25, 0.3) is 5.91 Å². The third kappa shape index (κ3) is 4.83. The predicted octanol–water partition coefficient (Wildman–Crippen LogP) is 3.91. The van der Waals surface area contributed by atoms with Crippen LogP contribution in [0, 0.1) is 13.8 Å². The number of hydrogen-bond donors (Lipinski definition) is 2. The van der Waals surface area contributed by atoms with E-state index in [-0.39, 0.29) is 5.91 Å². The lowest BCUT2D eigenvalue weighted by atomic mass is 10.1. The van der Waals surface area contributed by atoms with E-state index in [1.807, 2.05) is 44.2 Å². The Balaban J connectivity index is 1.94. The van der Waals surface area contributed by atoms with Crippen molar-refractivity contribution < 1.29 is 4.79 Å². The molecule has 23 heavy (non-hydrogen) atoms. The SMILES string of the molecule is Cc1cccc(C)c1N[C@H](C)C(=O)N/N=C\c1ccc(Cl)cc1. The second kappa shape index (κ2) is 7.79. The topological polar surface area (TPSA) is 53.5 Å². The lowest BCUT2D eigenvalue weighted by Gasteiger charge is -2.17. The third-order valence-electron chi connectivity index (χ3n) is 3.49. The molecule has 0 aliphatic rings. The molecule has 2 aromatic rings. The summed E-state index contributed by atoms with van der Waals surface area (Å²) in [7, 11) is 0. The molecule has 0 fully saturated rings. The van der Waals surface area contributed by atoms with Crippen LogP contribution >= 0.6 is 11.6 Å². The van der Waals surface area contributed by atoms with Crippen LogP contribution in [-0.2, 0) is 4.79 Å². The number of anilines is 1. The molecule has 2 aromatic carbocycles. The molecule has 1 atom stereocenters. The number of nitrogens with zero attached hydrogens (tertiary/aromatic N) is 1. The van der Waals surface area contributed by atoms with Crippen LogP contribution in [0.3, 0.4) is 0 Å². The van der Waals surface area contributed by atoms with E-state index in [2.05, 4.69) is 15.8 Å². The van der Waals surface area contributed by atoms with Crippen molar-refractivity contribution in [3.63, 3.8) is 0 Å². The second-order valence-corrected chi connectivity index (χ2v) is 5.86. The first-order valence-electron chi connectivity index (χ1n) is 7.38. The second-order valence-electron chi connectivity index (χ2n) is 5.42. The Morgan fingerprint density at radius 2 is 1.74 bits per heavy atom. The van der Waals surface area contributed by atoms with E-state index in [0.29, 0.717) is 5.02 Å². The smallest absolute Gasteiger partial charge is 0.262 e. The summed E-state index contributed by atoms with van der Waals surface area (Å²) in [5.41, 5.74) is 6.60. The molecule has 4 nitrogen and oxygen atoms in total. The molecule has 0 aliphatic carbocycles. The van der Waals surface area contributed by atoms with Crippen LogP contribution in [0.2, 0.25) is 5.02 Å². The van der Waals surface area contributed by atoms with Crippen molar-refractivity contribution in [2.75, 3.05) is 5.32 Å². The largest absolute Gasteiger partial charge is 0.373 e. The van der Waals surface area contributed by atoms with Crippen molar-refractivity contribution in [3.8, 4) is 0 Å². The van der Waals surface area contributed by atoms with Gasteiger partial charge < -0.3 is 5.32 Å². The Morgan fingerprint density at radius 3 is 2.35 bits per heavy atom. The van der Waals surface area contributed by atoms with E-state index in [1.54, 1.807) is 25.3 Å². The molecule has 0 aromatic heterocycles. The lowest BCUT2D eigenvalue weighted by molar-refractivity contribution is -0.121. The van der Waals surface area contributed by atoms with Gasteiger partial charge in [-0.3, -0.25) is 4.79 Å². The fourth-order valence-corrected chi connectivity index (χ4v) is 2.27. The molecular weight excluding hydrogens is 310 g/mol. The van der Waals surface area contributed by atoms with Crippen LogP contribution in [0.25, 0.3) is 0 Å². The molecule has 5 heteroatoms. The first-order valence-corrected chi connectivity index (χ1v) is 7.76. The summed E-state index contributed by atoms with van der Waals surface area (Å²) in [5.74, 6) is -0.196. The molecule has 120 valence electrons. The summed E-state index contributed by atoms with van der Waals surface area (Å²) in [4.78, 5) is 12.1. The van der Waals surface area contributed by atoms with Gasteiger partial charge in [-0.1, -0.05) is 41.9 Å². The van der Waals surface area contributed by atoms with Crippen molar-refractivity contribution in [1.82, 2.24) is 5.43 Å². The first kappa shape index (κ1) is 17.0. The van der Waals surface area contributed by atoms with Crippen LogP contribution in [0.1, 0.15) is 23.6 Å². The highest BCUT2D eigenvalue weighted by atomic mass is 35.5. The number of rotatable bonds is 5. The van der Waals surface area contributed by atoms with Crippen LogP contribution in [0.5, 0.6) is 0 Å². The van der Waals surface area contributed by atoms with Crippen molar-refractivity contribution in [1.29, 1.82) is 0 Å². The van der Waals surface area contributed by atoms with Gasteiger partial charge in [-0.25, -0.2) is 5.43 Å². The molecule has 0 radical (unpaired) electrons. The van der Waals surface area contributed by atoms with E-state index >= 15 is 0 Å². The van der Waals surface area contributed by atoms with E-state index in [4.69, 9.17) is 11.6 Å². The summed E-state index contributed by atoms with van der Waals surface area (Å²) in [6.45, 7) is 5.83. The number of carbonyl (C=O) groups is 1. The van der Waals surface area contributed by atoms with Gasteiger partial charge in [0.1, 0.15) is 6.04 Å². The Bertz CT molecular complexity index is 690. The van der Waals surface area contributed by atoms with Crippen LogP contribution in [0.15, 0.2) is 47.6 Å². The minimum atomic E-state index is -0.392. The predicted molar refractivity (Wildman–Crippen MR) is 96.2 cm³/mol. The summed E-state index contributed by atoms with van der Waals surface area (Å²) in [5, 5.41) is 7.87. The molecule has 0 saturated carbocycles. The van der Waals surface area contributed by atoms with E-state index in [1.165, 1.54) is 0 Å². The summed E-state index contributed by atoms with van der Waals surface area (Å²) < 4.78 is 0. The average molecular weight is 330 g/mol. The number of nitrogens with one attached hydrogen (secondary N) is 2. The molecule has 0 bridgehead atoms. The van der Waals surface area contributed by atoms with E-state index < -0.39 is 6.04 Å². The molecule has 1 amide bonds. The monoisotopic (exact) mass is 329 g/mol. The van der Waals surface area contributed by atoms with Crippen LogP contribution < -0.4 is 10.7 Å². The van der Waals surface area contributed by atoms with E-state index in [0.717, 1.165) is 22.4 Å². The molecule has 0 unspecified atom stereocenters. The quantitative estimate of drug-likeness (QED) is 0.645. The zero-order chi connectivity index (χ0) is 16.8. The standard InChI is InChI=1S/C18H20ClN3O/c1-12-5-4-6-13(2)17(12)21-14(3)18(23)22-20-11-15-7-9-16(19)10-8-15/h4-11,14,21H,1-3H3,(H,22,23)/b20-11-/t14-/m1/s1. The first-order chi connectivity index (χ1) is 11.0. The zero-order valence-corrected chi connectivity index (χ0v) is 14.2. The fraction of sp³-hybridized carbons (Fsp3) is 0.222. The van der Waals surface area contributed by atoms with Gasteiger partial charge in [0.15, 0.2) is 0 Å². The Kier molecular flexibility index (Phi) is 5.77. The van der Waals surface area contributed by atoms with Crippen LogP contribution in [0.4, 0.5) is 5.69 Å².